The highest BCUT2D eigenvalue weighted by atomic mass is 16.3. The first-order valence-electron chi connectivity index (χ1n) is 13.1. The van der Waals surface area contributed by atoms with Crippen molar-refractivity contribution >= 4 is 0 Å². The molecule has 11 atom stereocenters. The lowest BCUT2D eigenvalue weighted by Crippen LogP contribution is -2.54. The van der Waals surface area contributed by atoms with Crippen LogP contribution in [0.1, 0.15) is 98.8 Å². The maximum atomic E-state index is 11.0. The van der Waals surface area contributed by atoms with Crippen LogP contribution in [0.15, 0.2) is 0 Å². The SMILES string of the molecule is CC(C)C[C@@H](O)[C@H](O)[C@@H](C)[C@H]1CC[C@H]2[C@@H]3CC[C@H]4C[C@@H](O)CC[C@]4(C)[C@H]3CC[C@]12C. The van der Waals surface area contributed by atoms with Crippen LogP contribution in [-0.2, 0) is 0 Å². The number of aliphatic hydroxyl groups is 3. The van der Waals surface area contributed by atoms with Gasteiger partial charge in [0.05, 0.1) is 18.3 Å². The first-order valence-corrected chi connectivity index (χ1v) is 13.1. The van der Waals surface area contributed by atoms with Crippen LogP contribution < -0.4 is 0 Å². The highest BCUT2D eigenvalue weighted by molar-refractivity contribution is 5.10. The van der Waals surface area contributed by atoms with Crippen LogP contribution in [0.25, 0.3) is 0 Å². The van der Waals surface area contributed by atoms with E-state index in [1.165, 1.54) is 44.9 Å². The van der Waals surface area contributed by atoms with Crippen molar-refractivity contribution < 1.29 is 15.3 Å². The Morgan fingerprint density at radius 2 is 1.50 bits per heavy atom. The minimum atomic E-state index is -0.598. The summed E-state index contributed by atoms with van der Waals surface area (Å²) in [4.78, 5) is 0. The van der Waals surface area contributed by atoms with E-state index in [2.05, 4.69) is 34.6 Å². The van der Waals surface area contributed by atoms with Gasteiger partial charge in [-0.3, -0.25) is 0 Å². The van der Waals surface area contributed by atoms with Gasteiger partial charge in [-0.15, -0.1) is 0 Å². The molecule has 4 rings (SSSR count). The second kappa shape index (κ2) is 8.34. The zero-order chi connectivity index (χ0) is 21.8. The minimum Gasteiger partial charge on any atom is -0.393 e. The smallest absolute Gasteiger partial charge is 0.0827 e. The van der Waals surface area contributed by atoms with Crippen LogP contribution in [0, 0.1) is 52.3 Å². The lowest BCUT2D eigenvalue weighted by atomic mass is 9.44. The van der Waals surface area contributed by atoms with E-state index >= 15 is 0 Å². The van der Waals surface area contributed by atoms with E-state index < -0.39 is 12.2 Å². The third-order valence-electron chi connectivity index (χ3n) is 11.0. The van der Waals surface area contributed by atoms with Gasteiger partial charge in [0, 0.05) is 0 Å². The molecule has 0 aromatic rings. The Kier molecular flexibility index (Phi) is 6.41. The standard InChI is InChI=1S/C27H48O3/c1-16(2)14-24(29)25(30)17(3)21-8-9-22-20-7-6-18-15-19(28)10-12-26(18,4)23(20)11-13-27(21,22)5/h16-25,28-30H,6-15H2,1-5H3/t17-,18-,19-,20-,21+,22-,23-,24+,25+,26-,27+/m0/s1. The van der Waals surface area contributed by atoms with Crippen molar-refractivity contribution in [2.45, 2.75) is 117 Å². The van der Waals surface area contributed by atoms with E-state index in [-0.39, 0.29) is 12.0 Å². The van der Waals surface area contributed by atoms with Crippen LogP contribution in [-0.4, -0.2) is 33.6 Å². The topological polar surface area (TPSA) is 60.7 Å². The highest BCUT2D eigenvalue weighted by Crippen LogP contribution is 2.68. The predicted molar refractivity (Wildman–Crippen MR) is 122 cm³/mol. The average molecular weight is 421 g/mol. The number of aliphatic hydroxyl groups excluding tert-OH is 3. The van der Waals surface area contributed by atoms with Crippen molar-refractivity contribution in [3.63, 3.8) is 0 Å². The maximum absolute atomic E-state index is 11.0. The molecule has 0 spiro atoms. The van der Waals surface area contributed by atoms with Crippen LogP contribution >= 0.6 is 0 Å². The van der Waals surface area contributed by atoms with Crippen molar-refractivity contribution in [2.24, 2.45) is 52.3 Å². The first-order chi connectivity index (χ1) is 14.1. The zero-order valence-electron chi connectivity index (χ0n) is 20.2. The lowest BCUT2D eigenvalue weighted by molar-refractivity contribution is -0.135. The summed E-state index contributed by atoms with van der Waals surface area (Å²) in [6.45, 7) is 11.5. The first kappa shape index (κ1) is 23.1. The number of hydrogen-bond acceptors (Lipinski definition) is 3. The summed E-state index contributed by atoms with van der Waals surface area (Å²) in [5.74, 6) is 4.26. The van der Waals surface area contributed by atoms with Crippen molar-refractivity contribution in [3.05, 3.63) is 0 Å². The summed E-state index contributed by atoms with van der Waals surface area (Å²) in [6.07, 6.45) is 10.5. The molecule has 4 fully saturated rings. The number of fused-ring (bicyclic) bond motifs is 5. The molecule has 3 heteroatoms. The molecular formula is C27H48O3. The molecule has 0 heterocycles. The van der Waals surface area contributed by atoms with Gasteiger partial charge >= 0.3 is 0 Å². The maximum Gasteiger partial charge on any atom is 0.0827 e. The molecule has 0 unspecified atom stereocenters. The summed E-state index contributed by atoms with van der Waals surface area (Å²) in [5, 5.41) is 31.8. The molecule has 174 valence electrons. The molecule has 0 amide bonds. The van der Waals surface area contributed by atoms with Crippen molar-refractivity contribution in [1.29, 1.82) is 0 Å². The third kappa shape index (κ3) is 3.69. The van der Waals surface area contributed by atoms with Crippen molar-refractivity contribution in [3.8, 4) is 0 Å². The fourth-order valence-corrected chi connectivity index (χ4v) is 9.35. The molecule has 0 saturated heterocycles. The molecule has 4 aliphatic carbocycles. The Balaban J connectivity index is 1.50. The minimum absolute atomic E-state index is 0.0658. The Hall–Kier alpha value is -0.120. The predicted octanol–water partition coefficient (Wildman–Crippen LogP) is 5.41. The molecule has 30 heavy (non-hydrogen) atoms. The van der Waals surface area contributed by atoms with Gasteiger partial charge in [-0.25, -0.2) is 0 Å². The Bertz CT molecular complexity index is 605. The molecule has 0 aromatic heterocycles. The van der Waals surface area contributed by atoms with E-state index in [9.17, 15) is 15.3 Å². The van der Waals surface area contributed by atoms with Crippen molar-refractivity contribution in [1.82, 2.24) is 0 Å². The zero-order valence-corrected chi connectivity index (χ0v) is 20.2. The van der Waals surface area contributed by atoms with Gasteiger partial charge < -0.3 is 15.3 Å². The Labute approximate surface area is 185 Å². The third-order valence-corrected chi connectivity index (χ3v) is 11.0. The largest absolute Gasteiger partial charge is 0.393 e. The Morgan fingerprint density at radius 1 is 0.833 bits per heavy atom. The number of hydrogen-bond donors (Lipinski definition) is 3. The molecule has 4 saturated carbocycles. The van der Waals surface area contributed by atoms with Crippen LogP contribution in [0.4, 0.5) is 0 Å². The summed E-state index contributed by atoms with van der Waals surface area (Å²) in [6, 6.07) is 0. The van der Waals surface area contributed by atoms with Gasteiger partial charge in [0.15, 0.2) is 0 Å². The summed E-state index contributed by atoms with van der Waals surface area (Å²) >= 11 is 0. The second-order valence-electron chi connectivity index (χ2n) is 12.9. The van der Waals surface area contributed by atoms with Gasteiger partial charge in [0.2, 0.25) is 0 Å². The van der Waals surface area contributed by atoms with Crippen LogP contribution in [0.5, 0.6) is 0 Å². The molecule has 0 aromatic carbocycles. The van der Waals surface area contributed by atoms with Crippen LogP contribution in [0.3, 0.4) is 0 Å². The van der Waals surface area contributed by atoms with E-state index in [4.69, 9.17) is 0 Å². The van der Waals surface area contributed by atoms with Crippen molar-refractivity contribution in [2.75, 3.05) is 0 Å². The van der Waals surface area contributed by atoms with Gasteiger partial charge in [0.25, 0.3) is 0 Å². The fourth-order valence-electron chi connectivity index (χ4n) is 9.35. The fraction of sp³-hybridized carbons (Fsp3) is 1.00. The normalized spacial score (nSPS) is 49.1. The summed E-state index contributed by atoms with van der Waals surface area (Å²) < 4.78 is 0. The molecule has 3 nitrogen and oxygen atoms in total. The molecule has 3 N–H and O–H groups in total. The van der Waals surface area contributed by atoms with E-state index in [0.717, 1.165) is 36.5 Å². The van der Waals surface area contributed by atoms with Crippen LogP contribution in [0.2, 0.25) is 0 Å². The summed E-state index contributed by atoms with van der Waals surface area (Å²) in [5.41, 5.74) is 0.747. The average Bonchev–Trinajstić information content (AvgIpc) is 3.04. The van der Waals surface area contributed by atoms with Gasteiger partial charge in [-0.1, -0.05) is 34.6 Å². The number of rotatable bonds is 5. The van der Waals surface area contributed by atoms with Gasteiger partial charge in [0.1, 0.15) is 0 Å². The molecule has 0 bridgehead atoms. The summed E-state index contributed by atoms with van der Waals surface area (Å²) in [7, 11) is 0. The second-order valence-corrected chi connectivity index (χ2v) is 12.9. The van der Waals surface area contributed by atoms with E-state index in [1.54, 1.807) is 0 Å². The quantitative estimate of drug-likeness (QED) is 0.557. The van der Waals surface area contributed by atoms with E-state index in [0.29, 0.717) is 29.1 Å². The molecular weight excluding hydrogens is 372 g/mol. The van der Waals surface area contributed by atoms with Gasteiger partial charge in [-0.2, -0.15) is 0 Å². The lowest BCUT2D eigenvalue weighted by Gasteiger charge is -2.61. The molecule has 0 aliphatic heterocycles. The highest BCUT2D eigenvalue weighted by Gasteiger charge is 2.61. The van der Waals surface area contributed by atoms with E-state index in [1.807, 2.05) is 0 Å². The Morgan fingerprint density at radius 3 is 2.20 bits per heavy atom. The monoisotopic (exact) mass is 420 g/mol. The molecule has 4 aliphatic rings. The van der Waals surface area contributed by atoms with Gasteiger partial charge in [-0.05, 0) is 116 Å². The molecule has 0 radical (unpaired) electrons.